The minimum Gasteiger partial charge on any atom is -0.343 e. The highest BCUT2D eigenvalue weighted by Gasteiger charge is 2.31. The smallest absolute Gasteiger partial charge is 0.240 e. The number of anilines is 2. The van der Waals surface area contributed by atoms with Gasteiger partial charge < -0.3 is 15.2 Å². The summed E-state index contributed by atoms with van der Waals surface area (Å²) in [6.45, 7) is 3.99. The van der Waals surface area contributed by atoms with Gasteiger partial charge in [-0.2, -0.15) is 0 Å². The molecule has 4 rings (SSSR count). The lowest BCUT2D eigenvalue weighted by Gasteiger charge is -2.32. The number of nitrogens with zero attached hydrogens (tertiary/aromatic N) is 2. The van der Waals surface area contributed by atoms with Crippen molar-refractivity contribution >= 4 is 38.6 Å². The normalized spacial score (nSPS) is 19.0. The Hall–Kier alpha value is -2.91. The summed E-state index contributed by atoms with van der Waals surface area (Å²) in [5, 5.41) is 3.18. The molecule has 3 N–H and O–H groups in total. The van der Waals surface area contributed by atoms with E-state index in [0.29, 0.717) is 42.7 Å². The molecule has 9 heteroatoms. The molecule has 0 atom stereocenters. The average Bonchev–Trinajstić information content (AvgIpc) is 3.20. The monoisotopic (exact) mass is 469 g/mol. The Morgan fingerprint density at radius 2 is 1.79 bits per heavy atom. The molecule has 1 saturated carbocycles. The summed E-state index contributed by atoms with van der Waals surface area (Å²) < 4.78 is 28.9. The van der Waals surface area contributed by atoms with Gasteiger partial charge in [0.25, 0.3) is 0 Å². The number of hydrogen-bond acceptors (Lipinski definition) is 5. The fraction of sp³-hybridized carbons (Fsp3) is 0.417. The number of para-hydroxylation sites is 1. The standard InChI is InChI=1S/C24H31N5O3S/c1-16(2)29(3)23(30)17-9-11-19(12-10-17)28-33(31,32)20-13-14-21-22(15-20)27-24(26-21)25-18-7-5-4-6-8-18/h4-8,13-17,19,28H,9-12H2,1-3H3,(H2,25,26,27). The first kappa shape index (κ1) is 23.3. The lowest BCUT2D eigenvalue weighted by atomic mass is 9.85. The number of benzene rings is 2. The highest BCUT2D eigenvalue weighted by molar-refractivity contribution is 7.89. The first-order valence-electron chi connectivity index (χ1n) is 11.3. The summed E-state index contributed by atoms with van der Waals surface area (Å²) in [7, 11) is -1.85. The molecule has 1 fully saturated rings. The largest absolute Gasteiger partial charge is 0.343 e. The SMILES string of the molecule is CC(C)N(C)C(=O)C1CCC(NS(=O)(=O)c2ccc3nc(Nc4ccccc4)[nH]c3c2)CC1. The van der Waals surface area contributed by atoms with E-state index in [0.717, 1.165) is 5.69 Å². The number of fused-ring (bicyclic) bond motifs is 1. The van der Waals surface area contributed by atoms with Crippen molar-refractivity contribution in [3.05, 3.63) is 48.5 Å². The molecular weight excluding hydrogens is 438 g/mol. The number of hydrogen-bond donors (Lipinski definition) is 3. The van der Waals surface area contributed by atoms with Crippen molar-refractivity contribution in [3.63, 3.8) is 0 Å². The van der Waals surface area contributed by atoms with Crippen LogP contribution in [0.15, 0.2) is 53.4 Å². The lowest BCUT2D eigenvalue weighted by molar-refractivity contribution is -0.136. The Morgan fingerprint density at radius 1 is 1.09 bits per heavy atom. The van der Waals surface area contributed by atoms with E-state index in [4.69, 9.17) is 0 Å². The summed E-state index contributed by atoms with van der Waals surface area (Å²) in [6.07, 6.45) is 2.69. The maximum atomic E-state index is 13.0. The first-order chi connectivity index (χ1) is 15.7. The van der Waals surface area contributed by atoms with Gasteiger partial charge in [0.2, 0.25) is 21.9 Å². The molecule has 0 radical (unpaired) electrons. The van der Waals surface area contributed by atoms with Crippen LogP contribution in [0.2, 0.25) is 0 Å². The van der Waals surface area contributed by atoms with E-state index in [1.807, 2.05) is 51.2 Å². The Morgan fingerprint density at radius 3 is 2.45 bits per heavy atom. The number of amides is 1. The Kier molecular flexibility index (Phi) is 6.71. The van der Waals surface area contributed by atoms with Crippen molar-refractivity contribution in [2.45, 2.75) is 56.5 Å². The lowest BCUT2D eigenvalue weighted by Crippen LogP contribution is -2.42. The van der Waals surface area contributed by atoms with E-state index in [1.165, 1.54) is 0 Å². The fourth-order valence-electron chi connectivity index (χ4n) is 4.16. The number of sulfonamides is 1. The van der Waals surface area contributed by atoms with Gasteiger partial charge in [-0.1, -0.05) is 18.2 Å². The van der Waals surface area contributed by atoms with Gasteiger partial charge in [-0.3, -0.25) is 4.79 Å². The zero-order chi connectivity index (χ0) is 23.6. The minimum atomic E-state index is -3.68. The van der Waals surface area contributed by atoms with Crippen LogP contribution in [0.3, 0.4) is 0 Å². The van der Waals surface area contributed by atoms with Crippen LogP contribution in [0, 0.1) is 5.92 Å². The third kappa shape index (κ3) is 5.36. The van der Waals surface area contributed by atoms with Crippen molar-refractivity contribution in [3.8, 4) is 0 Å². The highest BCUT2D eigenvalue weighted by Crippen LogP contribution is 2.28. The molecule has 3 aromatic rings. The second kappa shape index (κ2) is 9.52. The number of imidazole rings is 1. The van der Waals surface area contributed by atoms with E-state index in [2.05, 4.69) is 20.0 Å². The summed E-state index contributed by atoms with van der Waals surface area (Å²) in [5.74, 6) is 0.666. The van der Waals surface area contributed by atoms with Crippen LogP contribution in [0.1, 0.15) is 39.5 Å². The fourth-order valence-corrected chi connectivity index (χ4v) is 5.49. The molecular formula is C24H31N5O3S. The number of H-pyrrole nitrogens is 1. The van der Waals surface area contributed by atoms with E-state index in [9.17, 15) is 13.2 Å². The number of nitrogens with one attached hydrogen (secondary N) is 3. The Bertz CT molecular complexity index is 1220. The topological polar surface area (TPSA) is 107 Å². The molecule has 1 aliphatic rings. The second-order valence-electron chi connectivity index (χ2n) is 8.97. The zero-order valence-electron chi connectivity index (χ0n) is 19.2. The van der Waals surface area contributed by atoms with Gasteiger partial charge in [-0.25, -0.2) is 18.1 Å². The molecule has 0 aliphatic heterocycles. The molecule has 8 nitrogen and oxygen atoms in total. The van der Waals surface area contributed by atoms with Crippen molar-refractivity contribution in [2.75, 3.05) is 12.4 Å². The zero-order valence-corrected chi connectivity index (χ0v) is 20.0. The van der Waals surface area contributed by atoms with Gasteiger partial charge in [0.05, 0.1) is 15.9 Å². The van der Waals surface area contributed by atoms with Gasteiger partial charge in [-0.05, 0) is 69.9 Å². The van der Waals surface area contributed by atoms with Crippen LogP contribution < -0.4 is 10.0 Å². The molecule has 0 bridgehead atoms. The summed E-state index contributed by atoms with van der Waals surface area (Å²) in [6, 6.07) is 14.5. The molecule has 1 aromatic heterocycles. The molecule has 0 saturated heterocycles. The van der Waals surface area contributed by atoms with Gasteiger partial charge in [0.15, 0.2) is 0 Å². The number of carbonyl (C=O) groups is 1. The van der Waals surface area contributed by atoms with Crippen molar-refractivity contribution < 1.29 is 13.2 Å². The third-order valence-electron chi connectivity index (χ3n) is 6.32. The van der Waals surface area contributed by atoms with Crippen LogP contribution in [-0.2, 0) is 14.8 Å². The van der Waals surface area contributed by atoms with Crippen LogP contribution in [0.25, 0.3) is 11.0 Å². The number of aromatic nitrogens is 2. The predicted octanol–water partition coefficient (Wildman–Crippen LogP) is 4.01. The summed E-state index contributed by atoms with van der Waals surface area (Å²) >= 11 is 0. The maximum Gasteiger partial charge on any atom is 0.240 e. The second-order valence-corrected chi connectivity index (χ2v) is 10.7. The van der Waals surface area contributed by atoms with Crippen LogP contribution in [0.5, 0.6) is 0 Å². The molecule has 0 unspecified atom stereocenters. The minimum absolute atomic E-state index is 0.0324. The molecule has 1 aliphatic carbocycles. The Balaban J connectivity index is 1.41. The van der Waals surface area contributed by atoms with Crippen molar-refractivity contribution in [1.82, 2.24) is 19.6 Å². The van der Waals surface area contributed by atoms with Gasteiger partial charge in [-0.15, -0.1) is 0 Å². The van der Waals surface area contributed by atoms with E-state index < -0.39 is 10.0 Å². The summed E-state index contributed by atoms with van der Waals surface area (Å²) in [5.41, 5.74) is 2.21. The highest BCUT2D eigenvalue weighted by atomic mass is 32.2. The van der Waals surface area contributed by atoms with Gasteiger partial charge >= 0.3 is 0 Å². The van der Waals surface area contributed by atoms with Crippen molar-refractivity contribution in [1.29, 1.82) is 0 Å². The molecule has 176 valence electrons. The van der Waals surface area contributed by atoms with Gasteiger partial charge in [0, 0.05) is 30.7 Å². The third-order valence-corrected chi connectivity index (χ3v) is 7.84. The van der Waals surface area contributed by atoms with Crippen LogP contribution >= 0.6 is 0 Å². The molecule has 2 aromatic carbocycles. The predicted molar refractivity (Wildman–Crippen MR) is 130 cm³/mol. The van der Waals surface area contributed by atoms with E-state index >= 15 is 0 Å². The maximum absolute atomic E-state index is 13.0. The molecule has 1 heterocycles. The van der Waals surface area contributed by atoms with Gasteiger partial charge in [0.1, 0.15) is 0 Å². The molecule has 1 amide bonds. The molecule has 33 heavy (non-hydrogen) atoms. The van der Waals surface area contributed by atoms with Crippen LogP contribution in [-0.4, -0.2) is 48.3 Å². The first-order valence-corrected chi connectivity index (χ1v) is 12.8. The average molecular weight is 470 g/mol. The Labute approximate surface area is 194 Å². The molecule has 0 spiro atoms. The number of aromatic amines is 1. The quantitative estimate of drug-likeness (QED) is 0.485. The van der Waals surface area contributed by atoms with E-state index in [1.54, 1.807) is 23.1 Å². The van der Waals surface area contributed by atoms with Crippen molar-refractivity contribution in [2.24, 2.45) is 5.92 Å². The van der Waals surface area contributed by atoms with Crippen LogP contribution in [0.4, 0.5) is 11.6 Å². The van der Waals surface area contributed by atoms with E-state index in [-0.39, 0.29) is 28.8 Å². The number of carbonyl (C=O) groups excluding carboxylic acids is 1. The number of rotatable bonds is 7. The summed E-state index contributed by atoms with van der Waals surface area (Å²) in [4.78, 5) is 22.2.